The summed E-state index contributed by atoms with van der Waals surface area (Å²) in [5.41, 5.74) is 0.539. The first-order chi connectivity index (χ1) is 9.81. The van der Waals surface area contributed by atoms with Crippen molar-refractivity contribution in [1.29, 1.82) is 0 Å². The molecule has 21 heavy (non-hydrogen) atoms. The van der Waals surface area contributed by atoms with Crippen molar-refractivity contribution in [2.24, 2.45) is 0 Å². The quantitative estimate of drug-likeness (QED) is 0.730. The fourth-order valence-corrected chi connectivity index (χ4v) is 1.96. The second-order valence-corrected chi connectivity index (χ2v) is 5.81. The molecule has 1 rings (SSSR count). The molecule has 2 amide bonds. The molecule has 0 aromatic heterocycles. The summed E-state index contributed by atoms with van der Waals surface area (Å²) in [6.07, 6.45) is 0. The Morgan fingerprint density at radius 2 is 2.05 bits per heavy atom. The van der Waals surface area contributed by atoms with Gasteiger partial charge in [-0.1, -0.05) is 0 Å². The Balaban J connectivity index is 2.52. The lowest BCUT2D eigenvalue weighted by Crippen LogP contribution is -2.37. The maximum absolute atomic E-state index is 11.7. The third-order valence-electron chi connectivity index (χ3n) is 3.09. The predicted octanol–water partition coefficient (Wildman–Crippen LogP) is 2.61. The molecule has 0 aliphatic rings. The van der Waals surface area contributed by atoms with Crippen molar-refractivity contribution in [3.8, 4) is 0 Å². The lowest BCUT2D eigenvalue weighted by molar-refractivity contribution is 0.0696. The van der Waals surface area contributed by atoms with Crippen LogP contribution in [0.4, 0.5) is 10.5 Å². The van der Waals surface area contributed by atoms with Crippen LogP contribution in [-0.2, 0) is 0 Å². The number of urea groups is 1. The van der Waals surface area contributed by atoms with Gasteiger partial charge in [0.1, 0.15) is 0 Å². The molecular weight excluding hydrogens is 338 g/mol. The third-order valence-corrected chi connectivity index (χ3v) is 3.78. The van der Waals surface area contributed by atoms with Crippen molar-refractivity contribution < 1.29 is 14.7 Å². The first-order valence-electron chi connectivity index (χ1n) is 6.59. The Kier molecular flexibility index (Phi) is 6.64. The van der Waals surface area contributed by atoms with E-state index in [-0.39, 0.29) is 11.6 Å². The summed E-state index contributed by atoms with van der Waals surface area (Å²) in [5.74, 6) is -1.05. The summed E-state index contributed by atoms with van der Waals surface area (Å²) in [5, 5.41) is 14.4. The molecule has 0 fully saturated rings. The number of nitrogens with one attached hydrogen (secondary N) is 2. The van der Waals surface area contributed by atoms with Crippen LogP contribution in [0.15, 0.2) is 22.7 Å². The van der Waals surface area contributed by atoms with E-state index in [1.807, 2.05) is 7.05 Å². The zero-order chi connectivity index (χ0) is 16.0. The predicted molar refractivity (Wildman–Crippen MR) is 85.9 cm³/mol. The number of rotatable bonds is 6. The maximum Gasteiger partial charge on any atom is 0.336 e. The molecule has 116 valence electrons. The van der Waals surface area contributed by atoms with E-state index in [0.717, 1.165) is 6.54 Å². The first-order valence-corrected chi connectivity index (χ1v) is 7.38. The number of carbonyl (C=O) groups excluding carboxylic acids is 1. The van der Waals surface area contributed by atoms with Crippen molar-refractivity contribution in [1.82, 2.24) is 10.2 Å². The van der Waals surface area contributed by atoms with Crippen LogP contribution < -0.4 is 10.6 Å². The van der Waals surface area contributed by atoms with E-state index in [1.54, 1.807) is 12.1 Å². The fourth-order valence-electron chi connectivity index (χ4n) is 1.55. The van der Waals surface area contributed by atoms with Crippen LogP contribution in [0.2, 0.25) is 0 Å². The number of likely N-dealkylation sites (N-methyl/N-ethyl adjacent to an activating group) is 1. The molecule has 1 aromatic rings. The van der Waals surface area contributed by atoms with E-state index in [1.165, 1.54) is 6.07 Å². The monoisotopic (exact) mass is 357 g/mol. The number of hydrogen-bond donors (Lipinski definition) is 3. The lowest BCUT2D eigenvalue weighted by Gasteiger charge is -2.20. The molecule has 0 aliphatic carbocycles. The van der Waals surface area contributed by atoms with E-state index < -0.39 is 5.97 Å². The van der Waals surface area contributed by atoms with Crippen LogP contribution >= 0.6 is 15.9 Å². The molecule has 0 heterocycles. The van der Waals surface area contributed by atoms with Gasteiger partial charge in [-0.15, -0.1) is 0 Å². The van der Waals surface area contributed by atoms with Crippen molar-refractivity contribution in [2.75, 3.05) is 25.5 Å². The van der Waals surface area contributed by atoms with Gasteiger partial charge in [-0.05, 0) is 55.0 Å². The van der Waals surface area contributed by atoms with Crippen LogP contribution in [-0.4, -0.2) is 48.2 Å². The molecular formula is C14H20BrN3O3. The molecule has 7 heteroatoms. The normalized spacial score (nSPS) is 10.8. The second kappa shape index (κ2) is 7.99. The van der Waals surface area contributed by atoms with Crippen molar-refractivity contribution in [3.63, 3.8) is 0 Å². The molecule has 0 saturated carbocycles. The Morgan fingerprint density at radius 1 is 1.38 bits per heavy atom. The molecule has 0 saturated heterocycles. The molecule has 0 atom stereocenters. The minimum atomic E-state index is -1.05. The number of carboxylic acids is 1. The van der Waals surface area contributed by atoms with Gasteiger partial charge >= 0.3 is 12.0 Å². The summed E-state index contributed by atoms with van der Waals surface area (Å²) in [6, 6.07) is 4.69. The fraction of sp³-hybridized carbons (Fsp3) is 0.429. The van der Waals surface area contributed by atoms with Crippen molar-refractivity contribution in [2.45, 2.75) is 19.9 Å². The number of halogens is 1. The minimum absolute atomic E-state index is 0.104. The van der Waals surface area contributed by atoms with Gasteiger partial charge in [-0.3, -0.25) is 0 Å². The van der Waals surface area contributed by atoms with Crippen molar-refractivity contribution >= 4 is 33.6 Å². The highest BCUT2D eigenvalue weighted by molar-refractivity contribution is 9.10. The number of amides is 2. The highest BCUT2D eigenvalue weighted by atomic mass is 79.9. The summed E-state index contributed by atoms with van der Waals surface area (Å²) < 4.78 is 0.472. The number of nitrogens with zero attached hydrogens (tertiary/aromatic N) is 1. The largest absolute Gasteiger partial charge is 0.478 e. The molecule has 0 aliphatic heterocycles. The zero-order valence-corrected chi connectivity index (χ0v) is 13.9. The average Bonchev–Trinajstić information content (AvgIpc) is 2.40. The molecule has 3 N–H and O–H groups in total. The van der Waals surface area contributed by atoms with E-state index >= 15 is 0 Å². The van der Waals surface area contributed by atoms with Crippen LogP contribution in [0.5, 0.6) is 0 Å². The summed E-state index contributed by atoms with van der Waals surface area (Å²) in [7, 11) is 1.98. The Morgan fingerprint density at radius 3 is 2.62 bits per heavy atom. The third kappa shape index (κ3) is 5.73. The molecule has 6 nitrogen and oxygen atoms in total. The van der Waals surface area contributed by atoms with Gasteiger partial charge in [0.25, 0.3) is 0 Å². The smallest absolute Gasteiger partial charge is 0.336 e. The molecule has 0 unspecified atom stereocenters. The second-order valence-electron chi connectivity index (χ2n) is 4.96. The summed E-state index contributed by atoms with van der Waals surface area (Å²) >= 11 is 3.15. The van der Waals surface area contributed by atoms with E-state index in [9.17, 15) is 9.59 Å². The minimum Gasteiger partial charge on any atom is -0.478 e. The van der Waals surface area contributed by atoms with E-state index in [4.69, 9.17) is 5.11 Å². The zero-order valence-electron chi connectivity index (χ0n) is 12.3. The molecule has 0 spiro atoms. The highest BCUT2D eigenvalue weighted by Gasteiger charge is 2.10. The van der Waals surface area contributed by atoms with Crippen LogP contribution in [0.1, 0.15) is 24.2 Å². The van der Waals surface area contributed by atoms with Crippen molar-refractivity contribution in [3.05, 3.63) is 28.2 Å². The average molecular weight is 358 g/mol. The van der Waals surface area contributed by atoms with Crippen LogP contribution in [0.3, 0.4) is 0 Å². The topological polar surface area (TPSA) is 81.7 Å². The van der Waals surface area contributed by atoms with E-state index in [2.05, 4.69) is 45.3 Å². The standard InChI is InChI=1S/C14H20BrN3O3/c1-9(2)18(3)7-6-16-14(21)17-10-4-5-12(15)11(8-10)13(19)20/h4-5,8-9H,6-7H2,1-3H3,(H,19,20)(H2,16,17,21). The van der Waals surface area contributed by atoms with Gasteiger partial charge in [-0.25, -0.2) is 9.59 Å². The summed E-state index contributed by atoms with van der Waals surface area (Å²) in [6.45, 7) is 5.42. The molecule has 0 radical (unpaired) electrons. The number of benzene rings is 1. The number of aromatic carboxylic acids is 1. The number of anilines is 1. The highest BCUT2D eigenvalue weighted by Crippen LogP contribution is 2.21. The number of carboxylic acid groups (broad SMARTS) is 1. The number of hydrogen-bond acceptors (Lipinski definition) is 3. The van der Waals surface area contributed by atoms with Gasteiger partial charge < -0.3 is 20.6 Å². The van der Waals surface area contributed by atoms with Gasteiger partial charge in [0.2, 0.25) is 0 Å². The first kappa shape index (κ1) is 17.5. The summed E-state index contributed by atoms with van der Waals surface area (Å²) in [4.78, 5) is 24.9. The van der Waals surface area contributed by atoms with Crippen LogP contribution in [0.25, 0.3) is 0 Å². The Labute approximate surface area is 132 Å². The molecule has 0 bridgehead atoms. The SMILES string of the molecule is CC(C)N(C)CCNC(=O)Nc1ccc(Br)c(C(=O)O)c1. The van der Waals surface area contributed by atoms with Gasteiger partial charge in [-0.2, -0.15) is 0 Å². The van der Waals surface area contributed by atoms with Gasteiger partial charge in [0.15, 0.2) is 0 Å². The molecule has 1 aromatic carbocycles. The van der Waals surface area contributed by atoms with Gasteiger partial charge in [0.05, 0.1) is 5.56 Å². The lowest BCUT2D eigenvalue weighted by atomic mass is 10.2. The maximum atomic E-state index is 11.7. The number of carbonyl (C=O) groups is 2. The Bertz CT molecular complexity index is 520. The Hall–Kier alpha value is -1.60. The van der Waals surface area contributed by atoms with E-state index in [0.29, 0.717) is 22.7 Å². The van der Waals surface area contributed by atoms with Gasteiger partial charge in [0, 0.05) is 29.3 Å². The van der Waals surface area contributed by atoms with Crippen LogP contribution in [0, 0.1) is 0 Å².